The van der Waals surface area contributed by atoms with Gasteiger partial charge in [0.05, 0.1) is 32.7 Å². The van der Waals surface area contributed by atoms with E-state index in [1.54, 1.807) is 43.3 Å². The third-order valence-electron chi connectivity index (χ3n) is 4.77. The summed E-state index contributed by atoms with van der Waals surface area (Å²) in [5.41, 5.74) is 1.64. The lowest BCUT2D eigenvalue weighted by Crippen LogP contribution is -2.36. The predicted octanol–water partition coefficient (Wildman–Crippen LogP) is 2.86. The molecule has 1 N–H and O–H groups in total. The molecule has 154 valence electrons. The number of hydrogen-bond donors (Lipinski definition) is 1. The maximum Gasteiger partial charge on any atom is 0.269 e. The van der Waals surface area contributed by atoms with Gasteiger partial charge in [-0.25, -0.2) is 8.42 Å². The van der Waals surface area contributed by atoms with Crippen molar-refractivity contribution in [2.75, 3.05) is 38.0 Å². The molecule has 0 atom stereocenters. The van der Waals surface area contributed by atoms with Crippen LogP contribution < -0.4 is 23.8 Å². The number of allylic oxidation sites excluding steroid dienone is 1. The molecule has 2 aromatic rings. The molecular formula is C20H22N2O6S. The number of methoxy groups -OCH3 is 3. The van der Waals surface area contributed by atoms with Gasteiger partial charge in [-0.05, 0) is 30.7 Å². The predicted molar refractivity (Wildman–Crippen MR) is 111 cm³/mol. The SMILES string of the molecule is COc1ccccc1NC(=O)C1=C(C)c2cc(OC)c(OC)cc2N(C)S1(=O)=O. The molecular weight excluding hydrogens is 396 g/mol. The first-order chi connectivity index (χ1) is 13.8. The van der Waals surface area contributed by atoms with Crippen LogP contribution in [0.1, 0.15) is 12.5 Å². The molecule has 1 amide bonds. The number of nitrogens with one attached hydrogen (secondary N) is 1. The molecule has 3 rings (SSSR count). The van der Waals surface area contributed by atoms with Crippen molar-refractivity contribution >= 4 is 32.9 Å². The second-order valence-corrected chi connectivity index (χ2v) is 8.21. The quantitative estimate of drug-likeness (QED) is 0.803. The van der Waals surface area contributed by atoms with E-state index < -0.39 is 15.9 Å². The van der Waals surface area contributed by atoms with Crippen molar-refractivity contribution in [3.05, 3.63) is 46.9 Å². The van der Waals surface area contributed by atoms with Crippen LogP contribution in [0.5, 0.6) is 17.2 Å². The first kappa shape index (κ1) is 20.5. The molecule has 1 aliphatic rings. The average Bonchev–Trinajstić information content (AvgIpc) is 2.71. The van der Waals surface area contributed by atoms with E-state index in [0.717, 1.165) is 4.31 Å². The van der Waals surface area contributed by atoms with Gasteiger partial charge < -0.3 is 19.5 Å². The Kier molecular flexibility index (Phi) is 5.43. The topological polar surface area (TPSA) is 94.2 Å². The average molecular weight is 418 g/mol. The van der Waals surface area contributed by atoms with Gasteiger partial charge in [-0.15, -0.1) is 0 Å². The smallest absolute Gasteiger partial charge is 0.269 e. The highest BCUT2D eigenvalue weighted by atomic mass is 32.2. The fourth-order valence-corrected chi connectivity index (χ4v) is 4.69. The summed E-state index contributed by atoms with van der Waals surface area (Å²) in [6.45, 7) is 1.59. The minimum absolute atomic E-state index is 0.312. The molecule has 1 aliphatic heterocycles. The Bertz CT molecular complexity index is 1110. The summed E-state index contributed by atoms with van der Waals surface area (Å²) in [6.07, 6.45) is 0. The Hall–Kier alpha value is -3.20. The summed E-state index contributed by atoms with van der Waals surface area (Å²) in [5, 5.41) is 2.64. The van der Waals surface area contributed by atoms with E-state index in [4.69, 9.17) is 14.2 Å². The standard InChI is InChI=1S/C20H22N2O6S/c1-12-13-10-17(27-4)18(28-5)11-15(13)22(2)29(24,25)19(12)20(23)21-14-8-6-7-9-16(14)26-3/h6-11H,1-5H3,(H,21,23). The first-order valence-corrected chi connectivity index (χ1v) is 10.1. The molecule has 29 heavy (non-hydrogen) atoms. The van der Waals surface area contributed by atoms with Crippen molar-refractivity contribution in [3.8, 4) is 17.2 Å². The highest BCUT2D eigenvalue weighted by Gasteiger charge is 2.38. The van der Waals surface area contributed by atoms with Gasteiger partial charge in [0.25, 0.3) is 15.9 Å². The van der Waals surface area contributed by atoms with Crippen molar-refractivity contribution in [1.82, 2.24) is 0 Å². The van der Waals surface area contributed by atoms with Crippen LogP contribution in [0.4, 0.5) is 11.4 Å². The van der Waals surface area contributed by atoms with Crippen LogP contribution in [0, 0.1) is 0 Å². The molecule has 0 radical (unpaired) electrons. The van der Waals surface area contributed by atoms with Crippen LogP contribution in [0.15, 0.2) is 41.3 Å². The lowest BCUT2D eigenvalue weighted by Gasteiger charge is -2.30. The number of nitrogens with zero attached hydrogens (tertiary/aromatic N) is 1. The molecule has 0 fully saturated rings. The zero-order valence-electron chi connectivity index (χ0n) is 16.8. The molecule has 0 bridgehead atoms. The number of amides is 1. The van der Waals surface area contributed by atoms with Crippen LogP contribution in [0.2, 0.25) is 0 Å². The molecule has 9 heteroatoms. The van der Waals surface area contributed by atoms with Gasteiger partial charge >= 0.3 is 0 Å². The molecule has 0 saturated carbocycles. The minimum Gasteiger partial charge on any atom is -0.495 e. The molecule has 1 heterocycles. The zero-order valence-corrected chi connectivity index (χ0v) is 17.6. The maximum atomic E-state index is 13.1. The third kappa shape index (κ3) is 3.38. The Morgan fingerprint density at radius 1 is 0.966 bits per heavy atom. The Morgan fingerprint density at radius 3 is 2.17 bits per heavy atom. The number of fused-ring (bicyclic) bond motifs is 1. The first-order valence-electron chi connectivity index (χ1n) is 8.66. The number of para-hydroxylation sites is 2. The molecule has 0 aromatic heterocycles. The number of sulfonamides is 1. The van der Waals surface area contributed by atoms with E-state index in [0.29, 0.717) is 39.8 Å². The number of carbonyl (C=O) groups is 1. The van der Waals surface area contributed by atoms with Gasteiger partial charge in [0.2, 0.25) is 0 Å². The summed E-state index contributed by atoms with van der Waals surface area (Å²) in [6, 6.07) is 10.0. The molecule has 0 saturated heterocycles. The van der Waals surface area contributed by atoms with E-state index in [9.17, 15) is 13.2 Å². The number of hydrogen-bond acceptors (Lipinski definition) is 6. The number of carbonyl (C=O) groups excluding carboxylic acids is 1. The van der Waals surface area contributed by atoms with Crippen molar-refractivity contribution in [2.45, 2.75) is 6.92 Å². The molecule has 0 spiro atoms. The van der Waals surface area contributed by atoms with Crippen molar-refractivity contribution in [1.29, 1.82) is 0 Å². The lowest BCUT2D eigenvalue weighted by atomic mass is 10.0. The molecule has 0 unspecified atom stereocenters. The highest BCUT2D eigenvalue weighted by Crippen LogP contribution is 2.44. The summed E-state index contributed by atoms with van der Waals surface area (Å²) in [5.74, 6) is 0.498. The van der Waals surface area contributed by atoms with Gasteiger partial charge in [-0.1, -0.05) is 12.1 Å². The summed E-state index contributed by atoms with van der Waals surface area (Å²) in [4.78, 5) is 12.7. The van der Waals surface area contributed by atoms with Gasteiger partial charge in [0.15, 0.2) is 16.4 Å². The number of rotatable bonds is 5. The summed E-state index contributed by atoms with van der Waals surface area (Å²) < 4.78 is 43.2. The van der Waals surface area contributed by atoms with Gasteiger partial charge in [0.1, 0.15) is 5.75 Å². The van der Waals surface area contributed by atoms with Crippen molar-refractivity contribution < 1.29 is 27.4 Å². The number of benzene rings is 2. The van der Waals surface area contributed by atoms with Crippen LogP contribution in [0.3, 0.4) is 0 Å². The Labute approximate surface area is 169 Å². The van der Waals surface area contributed by atoms with E-state index in [1.165, 1.54) is 28.4 Å². The van der Waals surface area contributed by atoms with Gasteiger partial charge in [-0.3, -0.25) is 9.10 Å². The van der Waals surface area contributed by atoms with Crippen LogP contribution in [-0.4, -0.2) is 42.7 Å². The van der Waals surface area contributed by atoms with E-state index >= 15 is 0 Å². The lowest BCUT2D eigenvalue weighted by molar-refractivity contribution is -0.112. The summed E-state index contributed by atoms with van der Waals surface area (Å²) >= 11 is 0. The fourth-order valence-electron chi connectivity index (χ4n) is 3.23. The fraction of sp³-hybridized carbons (Fsp3) is 0.250. The van der Waals surface area contributed by atoms with E-state index in [1.807, 2.05) is 0 Å². The zero-order chi connectivity index (χ0) is 21.3. The van der Waals surface area contributed by atoms with Crippen LogP contribution >= 0.6 is 0 Å². The van der Waals surface area contributed by atoms with Crippen molar-refractivity contribution in [3.63, 3.8) is 0 Å². The van der Waals surface area contributed by atoms with E-state index in [-0.39, 0.29) is 4.91 Å². The Balaban J connectivity index is 2.16. The second-order valence-electron chi connectivity index (χ2n) is 6.31. The van der Waals surface area contributed by atoms with E-state index in [2.05, 4.69) is 5.32 Å². The second kappa shape index (κ2) is 7.67. The molecule has 0 aliphatic carbocycles. The normalized spacial score (nSPS) is 14.9. The third-order valence-corrected chi connectivity index (χ3v) is 6.69. The molecule has 8 nitrogen and oxygen atoms in total. The van der Waals surface area contributed by atoms with Gasteiger partial charge in [-0.2, -0.15) is 0 Å². The van der Waals surface area contributed by atoms with Crippen LogP contribution in [0.25, 0.3) is 5.57 Å². The molecule has 2 aromatic carbocycles. The number of ether oxygens (including phenoxy) is 3. The van der Waals surface area contributed by atoms with Gasteiger partial charge in [0, 0.05) is 18.7 Å². The van der Waals surface area contributed by atoms with Crippen molar-refractivity contribution in [2.24, 2.45) is 0 Å². The monoisotopic (exact) mass is 418 g/mol. The highest BCUT2D eigenvalue weighted by molar-refractivity contribution is 7.97. The Morgan fingerprint density at radius 2 is 1.55 bits per heavy atom. The van der Waals surface area contributed by atoms with Crippen LogP contribution in [-0.2, 0) is 14.8 Å². The number of anilines is 2. The minimum atomic E-state index is -4.08. The summed E-state index contributed by atoms with van der Waals surface area (Å²) in [7, 11) is 1.73. The largest absolute Gasteiger partial charge is 0.495 e. The maximum absolute atomic E-state index is 13.1.